The number of rotatable bonds is 4. The van der Waals surface area contributed by atoms with Crippen LogP contribution >= 0.6 is 11.8 Å². The molecule has 144 valence electrons. The van der Waals surface area contributed by atoms with Gasteiger partial charge in [-0.15, -0.1) is 0 Å². The summed E-state index contributed by atoms with van der Waals surface area (Å²) in [6.45, 7) is 5.15. The molecule has 2 N–H and O–H groups in total. The third kappa shape index (κ3) is 3.98. The topological polar surface area (TPSA) is 65.2 Å². The molecule has 1 aliphatic rings. The molecule has 0 atom stereocenters. The van der Waals surface area contributed by atoms with Crippen LogP contribution in [0.4, 0.5) is 5.69 Å². The molecule has 28 heavy (non-hydrogen) atoms. The van der Waals surface area contributed by atoms with Crippen LogP contribution in [0.25, 0.3) is 10.9 Å². The van der Waals surface area contributed by atoms with Gasteiger partial charge in [-0.2, -0.15) is 11.8 Å². The minimum atomic E-state index is -0.393. The monoisotopic (exact) mass is 393 g/mol. The molecule has 0 radical (unpaired) electrons. The summed E-state index contributed by atoms with van der Waals surface area (Å²) in [5.74, 6) is 1.98. The maximum absolute atomic E-state index is 12.7. The first-order valence-electron chi connectivity index (χ1n) is 9.43. The fraction of sp³-hybridized carbons (Fsp3) is 0.273. The van der Waals surface area contributed by atoms with Crippen molar-refractivity contribution in [2.75, 3.05) is 29.9 Å². The number of fused-ring (bicyclic) bond motifs is 1. The number of aromatic nitrogens is 1. The molecule has 3 aromatic rings. The average Bonchev–Trinajstić information content (AvgIpc) is 2.71. The Morgan fingerprint density at radius 1 is 1.18 bits per heavy atom. The Balaban J connectivity index is 1.51. The quantitative estimate of drug-likeness (QED) is 0.710. The number of carbonyl (C=O) groups excluding carboxylic acids is 1. The van der Waals surface area contributed by atoms with E-state index < -0.39 is 5.91 Å². The third-order valence-electron chi connectivity index (χ3n) is 5.08. The van der Waals surface area contributed by atoms with Crippen LogP contribution in [-0.2, 0) is 6.54 Å². The first kappa shape index (κ1) is 18.8. The molecule has 2 aromatic carbocycles. The molecule has 1 fully saturated rings. The standard InChI is InChI=1S/C22H23N3O2S/c1-15-12-16(14-25-8-10-28-11-9-25)6-7-19(15)24-22(27)18-13-23-20-5-3-2-4-17(20)21(18)26/h2-7,12-13H,8-11,14H2,1H3,(H,23,26)(H,24,27). The van der Waals surface area contributed by atoms with Crippen LogP contribution in [0.1, 0.15) is 21.5 Å². The zero-order valence-corrected chi connectivity index (χ0v) is 16.6. The first-order chi connectivity index (χ1) is 13.6. The maximum Gasteiger partial charge on any atom is 0.261 e. The highest BCUT2D eigenvalue weighted by Gasteiger charge is 2.15. The fourth-order valence-electron chi connectivity index (χ4n) is 3.51. The summed E-state index contributed by atoms with van der Waals surface area (Å²) in [6, 6.07) is 13.3. The van der Waals surface area contributed by atoms with E-state index in [1.54, 1.807) is 12.1 Å². The van der Waals surface area contributed by atoms with E-state index in [1.807, 2.05) is 36.9 Å². The van der Waals surface area contributed by atoms with E-state index in [9.17, 15) is 9.59 Å². The van der Waals surface area contributed by atoms with Crippen LogP contribution in [0.5, 0.6) is 0 Å². The van der Waals surface area contributed by atoms with Crippen molar-refractivity contribution < 1.29 is 4.79 Å². The van der Waals surface area contributed by atoms with Crippen molar-refractivity contribution in [1.29, 1.82) is 0 Å². The molecule has 0 spiro atoms. The Kier molecular flexibility index (Phi) is 5.50. The van der Waals surface area contributed by atoms with Crippen molar-refractivity contribution in [3.63, 3.8) is 0 Å². The van der Waals surface area contributed by atoms with Crippen LogP contribution in [0, 0.1) is 6.92 Å². The Morgan fingerprint density at radius 2 is 1.96 bits per heavy atom. The largest absolute Gasteiger partial charge is 0.360 e. The smallest absolute Gasteiger partial charge is 0.261 e. The second kappa shape index (κ2) is 8.20. The summed E-state index contributed by atoms with van der Waals surface area (Å²) in [7, 11) is 0. The number of pyridine rings is 1. The number of amides is 1. The van der Waals surface area contributed by atoms with Gasteiger partial charge in [-0.25, -0.2) is 0 Å². The molecule has 2 heterocycles. The van der Waals surface area contributed by atoms with Gasteiger partial charge in [0, 0.05) is 53.9 Å². The highest BCUT2D eigenvalue weighted by molar-refractivity contribution is 7.99. The normalized spacial score (nSPS) is 14.9. The van der Waals surface area contributed by atoms with Crippen molar-refractivity contribution in [3.8, 4) is 0 Å². The predicted molar refractivity (Wildman–Crippen MR) is 116 cm³/mol. The highest BCUT2D eigenvalue weighted by atomic mass is 32.2. The lowest BCUT2D eigenvalue weighted by molar-refractivity contribution is 0.102. The summed E-state index contributed by atoms with van der Waals surface area (Å²) >= 11 is 2.00. The van der Waals surface area contributed by atoms with Gasteiger partial charge in [0.1, 0.15) is 5.56 Å². The highest BCUT2D eigenvalue weighted by Crippen LogP contribution is 2.20. The Bertz CT molecular complexity index is 1070. The molecule has 6 heteroatoms. The van der Waals surface area contributed by atoms with Crippen LogP contribution in [0.2, 0.25) is 0 Å². The van der Waals surface area contributed by atoms with Crippen LogP contribution < -0.4 is 10.7 Å². The molecule has 1 aliphatic heterocycles. The summed E-state index contributed by atoms with van der Waals surface area (Å²) in [6.07, 6.45) is 1.48. The number of aromatic amines is 1. The van der Waals surface area contributed by atoms with Gasteiger partial charge in [-0.1, -0.05) is 24.3 Å². The third-order valence-corrected chi connectivity index (χ3v) is 6.02. The van der Waals surface area contributed by atoms with Crippen LogP contribution in [0.15, 0.2) is 53.5 Å². The van der Waals surface area contributed by atoms with E-state index in [4.69, 9.17) is 0 Å². The maximum atomic E-state index is 12.7. The van der Waals surface area contributed by atoms with Crippen molar-refractivity contribution >= 4 is 34.3 Å². The number of benzene rings is 2. The second-order valence-electron chi connectivity index (χ2n) is 7.07. The van der Waals surface area contributed by atoms with E-state index in [2.05, 4.69) is 27.3 Å². The van der Waals surface area contributed by atoms with Gasteiger partial charge in [-0.05, 0) is 36.2 Å². The Labute approximate surface area is 168 Å². The molecule has 5 nitrogen and oxygen atoms in total. The number of H-pyrrole nitrogens is 1. The van der Waals surface area contributed by atoms with Gasteiger partial charge in [0.2, 0.25) is 5.43 Å². The van der Waals surface area contributed by atoms with Crippen molar-refractivity contribution in [1.82, 2.24) is 9.88 Å². The molecule has 0 aliphatic carbocycles. The van der Waals surface area contributed by atoms with Crippen LogP contribution in [0.3, 0.4) is 0 Å². The zero-order chi connectivity index (χ0) is 19.5. The van der Waals surface area contributed by atoms with Crippen LogP contribution in [-0.4, -0.2) is 40.4 Å². The zero-order valence-electron chi connectivity index (χ0n) is 15.8. The summed E-state index contributed by atoms with van der Waals surface area (Å²) in [4.78, 5) is 30.8. The van der Waals surface area contributed by atoms with E-state index >= 15 is 0 Å². The minimum absolute atomic E-state index is 0.119. The number of hydrogen-bond acceptors (Lipinski definition) is 4. The van der Waals surface area contributed by atoms with Gasteiger partial charge >= 0.3 is 0 Å². The predicted octanol–water partition coefficient (Wildman–Crippen LogP) is 3.64. The minimum Gasteiger partial charge on any atom is -0.360 e. The number of para-hydroxylation sites is 1. The van der Waals surface area contributed by atoms with E-state index in [-0.39, 0.29) is 11.0 Å². The number of aryl methyl sites for hydroxylation is 1. The molecular formula is C22H23N3O2S. The van der Waals surface area contributed by atoms with Crippen molar-refractivity contribution in [3.05, 3.63) is 75.6 Å². The molecule has 0 unspecified atom stereocenters. The van der Waals surface area contributed by atoms with Crippen molar-refractivity contribution in [2.24, 2.45) is 0 Å². The summed E-state index contributed by atoms with van der Waals surface area (Å²) in [5, 5.41) is 3.40. The van der Waals surface area contributed by atoms with Gasteiger partial charge in [0.05, 0.1) is 0 Å². The van der Waals surface area contributed by atoms with Gasteiger partial charge in [0.15, 0.2) is 0 Å². The molecule has 1 amide bonds. The number of thioether (sulfide) groups is 1. The van der Waals surface area contributed by atoms with E-state index in [0.717, 1.165) is 36.4 Å². The first-order valence-corrected chi connectivity index (χ1v) is 10.6. The molecule has 4 rings (SSSR count). The molecule has 0 saturated carbocycles. The number of anilines is 1. The number of nitrogens with zero attached hydrogens (tertiary/aromatic N) is 1. The lowest BCUT2D eigenvalue weighted by Gasteiger charge is -2.26. The van der Waals surface area contributed by atoms with Gasteiger partial charge < -0.3 is 10.3 Å². The van der Waals surface area contributed by atoms with E-state index in [0.29, 0.717) is 5.39 Å². The summed E-state index contributed by atoms with van der Waals surface area (Å²) in [5.41, 5.74) is 3.55. The lowest BCUT2D eigenvalue weighted by atomic mass is 10.1. The molecular weight excluding hydrogens is 370 g/mol. The SMILES string of the molecule is Cc1cc(CN2CCSCC2)ccc1NC(=O)c1c[nH]c2ccccc2c1=O. The van der Waals surface area contributed by atoms with Gasteiger partial charge in [-0.3, -0.25) is 14.5 Å². The molecule has 0 bridgehead atoms. The second-order valence-corrected chi connectivity index (χ2v) is 8.29. The fourth-order valence-corrected chi connectivity index (χ4v) is 4.49. The van der Waals surface area contributed by atoms with E-state index in [1.165, 1.54) is 23.3 Å². The molecule has 1 aromatic heterocycles. The lowest BCUT2D eigenvalue weighted by Crippen LogP contribution is -2.32. The Morgan fingerprint density at radius 3 is 2.75 bits per heavy atom. The number of carbonyl (C=O) groups is 1. The number of hydrogen-bond donors (Lipinski definition) is 2. The van der Waals surface area contributed by atoms with Crippen molar-refractivity contribution in [2.45, 2.75) is 13.5 Å². The Hall–Kier alpha value is -2.57. The molecule has 1 saturated heterocycles. The van der Waals surface area contributed by atoms with Gasteiger partial charge in [0.25, 0.3) is 5.91 Å². The average molecular weight is 394 g/mol. The summed E-state index contributed by atoms with van der Waals surface area (Å²) < 4.78 is 0. The number of nitrogens with one attached hydrogen (secondary N) is 2.